The number of hydrogen-bond donors (Lipinski definition) is 1. The van der Waals surface area contributed by atoms with Gasteiger partial charge in [-0.1, -0.05) is 13.3 Å². The molecule has 2 rings (SSSR count). The van der Waals surface area contributed by atoms with Gasteiger partial charge in [0, 0.05) is 5.92 Å². The molecule has 0 aliphatic heterocycles. The molecule has 4 heteroatoms. The second-order valence-electron chi connectivity index (χ2n) is 4.50. The van der Waals surface area contributed by atoms with Gasteiger partial charge in [-0.25, -0.2) is 0 Å². The Bertz CT molecular complexity index is 323. The first-order chi connectivity index (χ1) is 7.22. The summed E-state index contributed by atoms with van der Waals surface area (Å²) in [7, 11) is 1.90. The molecule has 3 unspecified atom stereocenters. The zero-order valence-corrected chi connectivity index (χ0v) is 9.66. The predicted molar refractivity (Wildman–Crippen MR) is 57.5 cm³/mol. The Morgan fingerprint density at radius 1 is 1.40 bits per heavy atom. The summed E-state index contributed by atoms with van der Waals surface area (Å²) in [5.74, 6) is 2.70. The normalized spacial score (nSPS) is 28.2. The smallest absolute Gasteiger partial charge is 0.233 e. The summed E-state index contributed by atoms with van der Waals surface area (Å²) in [5.41, 5.74) is 0. The van der Waals surface area contributed by atoms with Gasteiger partial charge in [0.15, 0.2) is 0 Å². The van der Waals surface area contributed by atoms with Gasteiger partial charge in [0.2, 0.25) is 11.8 Å². The molecule has 1 aliphatic carbocycles. The molecule has 1 fully saturated rings. The van der Waals surface area contributed by atoms with E-state index in [9.17, 15) is 0 Å². The van der Waals surface area contributed by atoms with Gasteiger partial charge in [-0.15, -0.1) is 10.2 Å². The van der Waals surface area contributed by atoms with Crippen LogP contribution in [0.3, 0.4) is 0 Å². The standard InChI is InChI=1S/C11H19N3O/c1-7-5-4-6-9(7)11-14-13-10(15-11)8(2)12-3/h7-9,12H,4-6H2,1-3H3. The minimum Gasteiger partial charge on any atom is -0.423 e. The third kappa shape index (κ3) is 2.04. The van der Waals surface area contributed by atoms with Crippen molar-refractivity contribution in [3.63, 3.8) is 0 Å². The fraction of sp³-hybridized carbons (Fsp3) is 0.818. The maximum Gasteiger partial charge on any atom is 0.233 e. The summed E-state index contributed by atoms with van der Waals surface area (Å²) in [4.78, 5) is 0. The largest absolute Gasteiger partial charge is 0.423 e. The van der Waals surface area contributed by atoms with E-state index in [4.69, 9.17) is 4.42 Å². The Balaban J connectivity index is 2.12. The minimum absolute atomic E-state index is 0.142. The van der Waals surface area contributed by atoms with Crippen molar-refractivity contribution >= 4 is 0 Å². The molecule has 0 saturated heterocycles. The predicted octanol–water partition coefficient (Wildman–Crippen LogP) is 2.25. The van der Waals surface area contributed by atoms with Gasteiger partial charge >= 0.3 is 0 Å². The molecule has 84 valence electrons. The van der Waals surface area contributed by atoms with Gasteiger partial charge in [-0.3, -0.25) is 0 Å². The first-order valence-electron chi connectivity index (χ1n) is 5.73. The van der Waals surface area contributed by atoms with Crippen molar-refractivity contribution in [2.75, 3.05) is 7.05 Å². The molecule has 3 atom stereocenters. The van der Waals surface area contributed by atoms with Gasteiger partial charge in [0.05, 0.1) is 6.04 Å². The highest BCUT2D eigenvalue weighted by Gasteiger charge is 2.29. The highest BCUT2D eigenvalue weighted by molar-refractivity contribution is 4.98. The zero-order chi connectivity index (χ0) is 10.8. The van der Waals surface area contributed by atoms with E-state index in [0.717, 1.165) is 5.89 Å². The van der Waals surface area contributed by atoms with Crippen molar-refractivity contribution in [3.8, 4) is 0 Å². The number of rotatable bonds is 3. The zero-order valence-electron chi connectivity index (χ0n) is 9.66. The summed E-state index contributed by atoms with van der Waals surface area (Å²) >= 11 is 0. The average Bonchev–Trinajstić information content (AvgIpc) is 2.84. The van der Waals surface area contributed by atoms with E-state index in [1.54, 1.807) is 0 Å². The molecule has 0 amide bonds. The molecule has 1 aromatic heterocycles. The fourth-order valence-electron chi connectivity index (χ4n) is 2.21. The number of nitrogens with zero attached hydrogens (tertiary/aromatic N) is 2. The third-order valence-corrected chi connectivity index (χ3v) is 3.44. The Morgan fingerprint density at radius 3 is 2.80 bits per heavy atom. The molecule has 15 heavy (non-hydrogen) atoms. The number of hydrogen-bond acceptors (Lipinski definition) is 4. The summed E-state index contributed by atoms with van der Waals surface area (Å²) in [6, 6.07) is 0.142. The van der Waals surface area contributed by atoms with E-state index in [-0.39, 0.29) is 6.04 Å². The van der Waals surface area contributed by atoms with E-state index in [1.165, 1.54) is 19.3 Å². The maximum absolute atomic E-state index is 5.71. The van der Waals surface area contributed by atoms with Crippen molar-refractivity contribution in [1.29, 1.82) is 0 Å². The third-order valence-electron chi connectivity index (χ3n) is 3.44. The number of nitrogens with one attached hydrogen (secondary N) is 1. The number of aromatic nitrogens is 2. The van der Waals surface area contributed by atoms with E-state index in [0.29, 0.717) is 17.7 Å². The van der Waals surface area contributed by atoms with Crippen molar-refractivity contribution in [2.24, 2.45) is 5.92 Å². The lowest BCUT2D eigenvalue weighted by Gasteiger charge is -2.09. The average molecular weight is 209 g/mol. The summed E-state index contributed by atoms with van der Waals surface area (Å²) in [6.07, 6.45) is 3.76. The van der Waals surface area contributed by atoms with E-state index >= 15 is 0 Å². The van der Waals surface area contributed by atoms with Gasteiger partial charge in [-0.05, 0) is 32.7 Å². The van der Waals surface area contributed by atoms with Crippen LogP contribution in [0.1, 0.15) is 56.9 Å². The lowest BCUT2D eigenvalue weighted by molar-refractivity contribution is 0.359. The monoisotopic (exact) mass is 209 g/mol. The maximum atomic E-state index is 5.71. The second kappa shape index (κ2) is 4.31. The second-order valence-corrected chi connectivity index (χ2v) is 4.50. The van der Waals surface area contributed by atoms with Crippen LogP contribution >= 0.6 is 0 Å². The lowest BCUT2D eigenvalue weighted by atomic mass is 9.98. The molecule has 0 bridgehead atoms. The summed E-state index contributed by atoms with van der Waals surface area (Å²) < 4.78 is 5.71. The molecule has 1 N–H and O–H groups in total. The Labute approximate surface area is 90.5 Å². The topological polar surface area (TPSA) is 51.0 Å². The molecule has 4 nitrogen and oxygen atoms in total. The van der Waals surface area contributed by atoms with Gasteiger partial charge < -0.3 is 9.73 Å². The minimum atomic E-state index is 0.142. The molecule has 1 aromatic rings. The van der Waals surface area contributed by atoms with E-state index in [1.807, 2.05) is 14.0 Å². The lowest BCUT2D eigenvalue weighted by Crippen LogP contribution is -2.12. The van der Waals surface area contributed by atoms with Gasteiger partial charge in [-0.2, -0.15) is 0 Å². The quantitative estimate of drug-likeness (QED) is 0.829. The highest BCUT2D eigenvalue weighted by atomic mass is 16.4. The van der Waals surface area contributed by atoms with Crippen molar-refractivity contribution in [2.45, 2.75) is 45.1 Å². The van der Waals surface area contributed by atoms with Crippen molar-refractivity contribution < 1.29 is 4.42 Å². The molecule has 0 radical (unpaired) electrons. The van der Waals surface area contributed by atoms with Crippen LogP contribution in [-0.2, 0) is 0 Å². The Hall–Kier alpha value is -0.900. The SMILES string of the molecule is CNC(C)c1nnc(C2CCCC2C)o1. The van der Waals surface area contributed by atoms with E-state index < -0.39 is 0 Å². The molecule has 0 aromatic carbocycles. The molecule has 1 heterocycles. The van der Waals surface area contributed by atoms with Gasteiger partial charge in [0.25, 0.3) is 0 Å². The highest BCUT2D eigenvalue weighted by Crippen LogP contribution is 2.38. The first kappa shape index (κ1) is 10.6. The van der Waals surface area contributed by atoms with Crippen molar-refractivity contribution in [3.05, 3.63) is 11.8 Å². The van der Waals surface area contributed by atoms with Crippen LogP contribution in [0.15, 0.2) is 4.42 Å². The molecule has 0 spiro atoms. The first-order valence-corrected chi connectivity index (χ1v) is 5.73. The van der Waals surface area contributed by atoms with Crippen LogP contribution in [0.4, 0.5) is 0 Å². The van der Waals surface area contributed by atoms with Crippen LogP contribution in [0.5, 0.6) is 0 Å². The molecule has 1 aliphatic rings. The van der Waals surface area contributed by atoms with Crippen molar-refractivity contribution in [1.82, 2.24) is 15.5 Å². The van der Waals surface area contributed by atoms with Crippen LogP contribution in [0.25, 0.3) is 0 Å². The van der Waals surface area contributed by atoms with Crippen LogP contribution in [-0.4, -0.2) is 17.2 Å². The van der Waals surface area contributed by atoms with Gasteiger partial charge in [0.1, 0.15) is 0 Å². The van der Waals surface area contributed by atoms with Crippen LogP contribution in [0, 0.1) is 5.92 Å². The Morgan fingerprint density at radius 2 is 2.20 bits per heavy atom. The van der Waals surface area contributed by atoms with E-state index in [2.05, 4.69) is 22.4 Å². The molecular weight excluding hydrogens is 190 g/mol. The fourth-order valence-corrected chi connectivity index (χ4v) is 2.21. The van der Waals surface area contributed by atoms with Crippen LogP contribution < -0.4 is 5.32 Å². The molecular formula is C11H19N3O. The summed E-state index contributed by atoms with van der Waals surface area (Å²) in [5, 5.41) is 11.3. The summed E-state index contributed by atoms with van der Waals surface area (Å²) in [6.45, 7) is 4.29. The van der Waals surface area contributed by atoms with Crippen LogP contribution in [0.2, 0.25) is 0 Å². The Kier molecular flexibility index (Phi) is 3.05. The molecule has 1 saturated carbocycles.